The van der Waals surface area contributed by atoms with Gasteiger partial charge < -0.3 is 22.3 Å². The van der Waals surface area contributed by atoms with Crippen molar-refractivity contribution in [3.8, 4) is 0 Å². The van der Waals surface area contributed by atoms with Gasteiger partial charge in [-0.15, -0.1) is 11.6 Å². The number of halogens is 1. The van der Waals surface area contributed by atoms with E-state index in [2.05, 4.69) is 29.9 Å². The summed E-state index contributed by atoms with van der Waals surface area (Å²) in [6.45, 7) is -0.0414. The molecule has 3 aromatic rings. The monoisotopic (exact) mass is 423 g/mol. The van der Waals surface area contributed by atoms with Crippen LogP contribution in [0.1, 0.15) is 36.3 Å². The average Bonchev–Trinajstić information content (AvgIpc) is 2.71. The zero-order valence-corrected chi connectivity index (χ0v) is 14.9. The van der Waals surface area contributed by atoms with E-state index < -0.39 is 0 Å². The Morgan fingerprint density at radius 3 is 1.41 bits per heavy atom. The lowest BCUT2D eigenvalue weighted by Crippen LogP contribution is -1.95. The SMILES string of the molecule is C.C.Nc1ncc(C=O)cn1.Nc1ncc(CCl)cn1.Nc1ncc(CO)cn1. The number of aliphatic hydroxyl groups is 1. The number of hydrogen-bond acceptors (Lipinski definition) is 11. The third kappa shape index (κ3) is 11.8. The number of aliphatic hydroxyl groups excluding tert-OH is 1. The van der Waals surface area contributed by atoms with Gasteiger partial charge in [-0.25, -0.2) is 29.9 Å². The van der Waals surface area contributed by atoms with Gasteiger partial charge in [0.1, 0.15) is 0 Å². The lowest BCUT2D eigenvalue weighted by Gasteiger charge is -1.92. The molecule has 0 radical (unpaired) electrons. The van der Waals surface area contributed by atoms with Crippen molar-refractivity contribution in [2.75, 3.05) is 17.2 Å². The molecule has 0 amide bonds. The van der Waals surface area contributed by atoms with Crippen LogP contribution in [0, 0.1) is 0 Å². The van der Waals surface area contributed by atoms with Crippen LogP contribution in [0.5, 0.6) is 0 Å². The maximum Gasteiger partial charge on any atom is 0.219 e. The Kier molecular flexibility index (Phi) is 14.9. The van der Waals surface area contributed by atoms with Crippen LogP contribution in [-0.4, -0.2) is 41.3 Å². The molecule has 0 aliphatic rings. The number of aromatic nitrogens is 6. The Hall–Kier alpha value is -3.44. The van der Waals surface area contributed by atoms with E-state index in [1.165, 1.54) is 24.8 Å². The Labute approximate surface area is 174 Å². The van der Waals surface area contributed by atoms with Gasteiger partial charge in [0.15, 0.2) is 6.29 Å². The van der Waals surface area contributed by atoms with Gasteiger partial charge in [-0.05, 0) is 0 Å². The van der Waals surface area contributed by atoms with Crippen LogP contribution in [0.15, 0.2) is 37.2 Å². The van der Waals surface area contributed by atoms with E-state index in [1.807, 2.05) is 0 Å². The molecular weight excluding hydrogens is 398 g/mol. The Morgan fingerprint density at radius 1 is 0.759 bits per heavy atom. The summed E-state index contributed by atoms with van der Waals surface area (Å²) in [5.74, 6) is 1.12. The molecule has 3 aromatic heterocycles. The smallest absolute Gasteiger partial charge is 0.219 e. The molecule has 0 aliphatic carbocycles. The minimum Gasteiger partial charge on any atom is -0.392 e. The van der Waals surface area contributed by atoms with Gasteiger partial charge in [0.2, 0.25) is 17.8 Å². The van der Waals surface area contributed by atoms with Crippen LogP contribution < -0.4 is 17.2 Å². The molecule has 0 bridgehead atoms. The summed E-state index contributed by atoms with van der Waals surface area (Å²) in [5.41, 5.74) is 17.5. The number of aldehydes is 1. The second kappa shape index (κ2) is 15.6. The van der Waals surface area contributed by atoms with Crippen LogP contribution in [0.3, 0.4) is 0 Å². The highest BCUT2D eigenvalue weighted by Gasteiger charge is 1.90. The molecule has 0 unspecified atom stereocenters. The number of carbonyl (C=O) groups is 1. The van der Waals surface area contributed by atoms with Gasteiger partial charge in [-0.3, -0.25) is 4.79 Å². The van der Waals surface area contributed by atoms with E-state index in [-0.39, 0.29) is 39.3 Å². The number of carbonyl (C=O) groups excluding carboxylic acids is 1. The second-order valence-electron chi connectivity index (χ2n) is 4.68. The second-order valence-corrected chi connectivity index (χ2v) is 4.95. The summed E-state index contributed by atoms with van der Waals surface area (Å²) < 4.78 is 0. The van der Waals surface area contributed by atoms with Gasteiger partial charge in [-0.2, -0.15) is 0 Å². The van der Waals surface area contributed by atoms with E-state index in [1.54, 1.807) is 12.4 Å². The minimum atomic E-state index is -0.0414. The quantitative estimate of drug-likeness (QED) is 0.352. The zero-order valence-electron chi connectivity index (χ0n) is 14.1. The predicted molar refractivity (Wildman–Crippen MR) is 114 cm³/mol. The number of nitrogens with zero attached hydrogens (tertiary/aromatic N) is 6. The molecule has 3 heterocycles. The first-order chi connectivity index (χ1) is 13.0. The first kappa shape index (κ1) is 27.8. The molecule has 12 heteroatoms. The number of rotatable bonds is 3. The van der Waals surface area contributed by atoms with Crippen LogP contribution in [-0.2, 0) is 12.5 Å². The van der Waals surface area contributed by atoms with Crippen molar-refractivity contribution < 1.29 is 9.90 Å². The van der Waals surface area contributed by atoms with Crippen LogP contribution >= 0.6 is 11.6 Å². The number of alkyl halides is 1. The fourth-order valence-electron chi connectivity index (χ4n) is 1.29. The summed E-state index contributed by atoms with van der Waals surface area (Å²) in [7, 11) is 0. The molecule has 0 atom stereocenters. The molecule has 7 N–H and O–H groups in total. The predicted octanol–water partition coefficient (Wildman–Crippen LogP) is 1.49. The molecule has 3 rings (SSSR count). The Morgan fingerprint density at radius 2 is 1.10 bits per heavy atom. The molecule has 29 heavy (non-hydrogen) atoms. The molecular formula is C17H26ClN9O2. The van der Waals surface area contributed by atoms with Gasteiger partial charge >= 0.3 is 0 Å². The summed E-state index contributed by atoms with van der Waals surface area (Å²) in [4.78, 5) is 31.9. The van der Waals surface area contributed by atoms with Gasteiger partial charge in [-0.1, -0.05) is 14.9 Å². The topological polar surface area (TPSA) is 193 Å². The fraction of sp³-hybridized carbons (Fsp3) is 0.235. The normalized spacial score (nSPS) is 8.62. The minimum absolute atomic E-state index is 0. The molecule has 0 aromatic carbocycles. The van der Waals surface area contributed by atoms with Crippen molar-refractivity contribution in [1.82, 2.24) is 29.9 Å². The van der Waals surface area contributed by atoms with Crippen LogP contribution in [0.4, 0.5) is 17.8 Å². The largest absolute Gasteiger partial charge is 0.392 e. The highest BCUT2D eigenvalue weighted by molar-refractivity contribution is 6.17. The Bertz CT molecular complexity index is 755. The first-order valence-corrected chi connectivity index (χ1v) is 7.84. The molecule has 0 spiro atoms. The van der Waals surface area contributed by atoms with Crippen molar-refractivity contribution >= 4 is 35.7 Å². The number of nitrogen functional groups attached to an aromatic ring is 3. The molecule has 0 fully saturated rings. The lowest BCUT2D eigenvalue weighted by molar-refractivity contribution is 0.112. The maximum atomic E-state index is 10.00. The fourth-order valence-corrected chi connectivity index (χ4v) is 1.43. The van der Waals surface area contributed by atoms with Crippen molar-refractivity contribution in [2.24, 2.45) is 0 Å². The molecule has 158 valence electrons. The van der Waals surface area contributed by atoms with E-state index in [9.17, 15) is 4.79 Å². The molecule has 0 aliphatic heterocycles. The standard InChI is InChI=1S/C5H6ClN3.C5H7N3O.C5H5N3O.2CH4/c6-1-4-2-8-5(7)9-3-4;2*6-5-7-1-4(3-9)2-8-5;;/h2-3H,1H2,(H2,7,8,9);1-2,9H,3H2,(H2,6,7,8);1-3H,(H2,6,7,8);2*1H4. The molecule has 0 saturated heterocycles. The van der Waals surface area contributed by atoms with E-state index in [4.69, 9.17) is 33.9 Å². The maximum absolute atomic E-state index is 10.00. The summed E-state index contributed by atoms with van der Waals surface area (Å²) >= 11 is 5.46. The van der Waals surface area contributed by atoms with E-state index >= 15 is 0 Å². The molecule has 11 nitrogen and oxygen atoms in total. The zero-order chi connectivity index (χ0) is 20.1. The van der Waals surface area contributed by atoms with Crippen molar-refractivity contribution in [2.45, 2.75) is 27.3 Å². The van der Waals surface area contributed by atoms with Gasteiger partial charge in [0.05, 0.1) is 18.1 Å². The summed E-state index contributed by atoms with van der Waals surface area (Å²) in [5, 5.41) is 8.51. The number of anilines is 3. The Balaban J connectivity index is 0. The molecule has 0 saturated carbocycles. The van der Waals surface area contributed by atoms with E-state index in [0.29, 0.717) is 23.3 Å². The van der Waals surface area contributed by atoms with Crippen molar-refractivity contribution in [3.05, 3.63) is 53.9 Å². The summed E-state index contributed by atoms with van der Waals surface area (Å²) in [6, 6.07) is 0. The highest BCUT2D eigenvalue weighted by Crippen LogP contribution is 1.99. The number of hydrogen-bond donors (Lipinski definition) is 4. The van der Waals surface area contributed by atoms with Crippen molar-refractivity contribution in [1.29, 1.82) is 0 Å². The highest BCUT2D eigenvalue weighted by atomic mass is 35.5. The van der Waals surface area contributed by atoms with Crippen molar-refractivity contribution in [3.63, 3.8) is 0 Å². The van der Waals surface area contributed by atoms with Gasteiger partial charge in [0.25, 0.3) is 0 Å². The average molecular weight is 424 g/mol. The number of nitrogens with two attached hydrogens (primary N) is 3. The third-order valence-corrected chi connectivity index (χ3v) is 2.92. The van der Waals surface area contributed by atoms with E-state index in [0.717, 1.165) is 5.56 Å². The van der Waals surface area contributed by atoms with Gasteiger partial charge in [0, 0.05) is 48.3 Å². The van der Waals surface area contributed by atoms with Crippen LogP contribution in [0.25, 0.3) is 0 Å². The lowest BCUT2D eigenvalue weighted by atomic mass is 10.4. The summed E-state index contributed by atoms with van der Waals surface area (Å²) in [6.07, 6.45) is 9.60. The van der Waals surface area contributed by atoms with Crippen LogP contribution in [0.2, 0.25) is 0 Å². The first-order valence-electron chi connectivity index (χ1n) is 7.30. The third-order valence-electron chi connectivity index (χ3n) is 2.62.